The zero-order valence-electron chi connectivity index (χ0n) is 16.4. The highest BCUT2D eigenvalue weighted by Crippen LogP contribution is 2.39. The lowest BCUT2D eigenvalue weighted by Gasteiger charge is -2.15. The molecule has 0 saturated carbocycles. The number of rotatable bonds is 6. The highest BCUT2D eigenvalue weighted by Gasteiger charge is 2.32. The Kier molecular flexibility index (Phi) is 6.14. The molecule has 0 amide bonds. The molecule has 1 N–H and O–H groups in total. The summed E-state index contributed by atoms with van der Waals surface area (Å²) < 4.78 is 101. The second-order valence-corrected chi connectivity index (χ2v) is 8.99. The van der Waals surface area contributed by atoms with Crippen LogP contribution in [0.2, 0.25) is 0 Å². The van der Waals surface area contributed by atoms with E-state index in [1.54, 1.807) is 0 Å². The van der Waals surface area contributed by atoms with Crippen molar-refractivity contribution >= 4 is 26.5 Å². The molecule has 4 aromatic rings. The van der Waals surface area contributed by atoms with Crippen LogP contribution in [0.5, 0.6) is 11.5 Å². The van der Waals surface area contributed by atoms with Crippen LogP contribution in [-0.4, -0.2) is 28.8 Å². The highest BCUT2D eigenvalue weighted by atomic mass is 32.2. The van der Waals surface area contributed by atoms with Crippen LogP contribution >= 0.6 is 11.3 Å². The quantitative estimate of drug-likeness (QED) is 0.365. The minimum Gasteiger partial charge on any atom is -0.454 e. The van der Waals surface area contributed by atoms with E-state index in [1.165, 1.54) is 17.8 Å². The minimum absolute atomic E-state index is 0.126. The molecule has 0 fully saturated rings. The van der Waals surface area contributed by atoms with Gasteiger partial charge in [-0.2, -0.15) is 23.4 Å². The zero-order valence-corrected chi connectivity index (χ0v) is 18.0. The first kappa shape index (κ1) is 23.4. The van der Waals surface area contributed by atoms with Crippen molar-refractivity contribution in [2.75, 3.05) is 4.72 Å². The molecule has 0 aliphatic heterocycles. The van der Waals surface area contributed by atoms with Gasteiger partial charge in [0.05, 0.1) is 18.0 Å². The van der Waals surface area contributed by atoms with Crippen molar-refractivity contribution in [3.8, 4) is 22.6 Å². The van der Waals surface area contributed by atoms with Crippen LogP contribution in [0.25, 0.3) is 11.1 Å². The number of benzene rings is 2. The summed E-state index contributed by atoms with van der Waals surface area (Å²) in [6.45, 7) is 0. The summed E-state index contributed by atoms with van der Waals surface area (Å²) in [7, 11) is -4.55. The maximum Gasteiger partial charge on any atom is 0.416 e. The Labute approximate surface area is 192 Å². The Hall–Kier alpha value is -3.72. The number of alkyl halides is 3. The normalized spacial score (nSPS) is 11.9. The fourth-order valence-corrected chi connectivity index (χ4v) is 4.54. The smallest absolute Gasteiger partial charge is 0.416 e. The van der Waals surface area contributed by atoms with E-state index in [-0.39, 0.29) is 22.0 Å². The average Bonchev–Trinajstić information content (AvgIpc) is 3.28. The Morgan fingerprint density at radius 1 is 0.941 bits per heavy atom. The number of nitrogens with zero attached hydrogens (tertiary/aromatic N) is 4. The molecule has 0 unspecified atom stereocenters. The van der Waals surface area contributed by atoms with Crippen LogP contribution in [0.3, 0.4) is 0 Å². The Morgan fingerprint density at radius 2 is 1.74 bits per heavy atom. The molecule has 2 aromatic carbocycles. The van der Waals surface area contributed by atoms with Gasteiger partial charge >= 0.3 is 6.18 Å². The van der Waals surface area contributed by atoms with Crippen molar-refractivity contribution in [2.24, 2.45) is 0 Å². The number of aromatic nitrogens is 4. The lowest BCUT2D eigenvalue weighted by Crippen LogP contribution is -2.15. The first-order valence-electron chi connectivity index (χ1n) is 8.99. The first-order valence-corrected chi connectivity index (χ1v) is 11.3. The van der Waals surface area contributed by atoms with Crippen LogP contribution in [-0.2, 0) is 16.2 Å². The highest BCUT2D eigenvalue weighted by molar-refractivity contribution is 7.93. The number of nitrogens with one attached hydrogen (secondary N) is 1. The predicted molar refractivity (Wildman–Crippen MR) is 110 cm³/mol. The van der Waals surface area contributed by atoms with Crippen LogP contribution in [0.4, 0.5) is 27.1 Å². The molecule has 0 spiro atoms. The van der Waals surface area contributed by atoms with Gasteiger partial charge in [-0.15, -0.1) is 10.2 Å². The summed E-state index contributed by atoms with van der Waals surface area (Å²) in [5.41, 5.74) is 0.255. The van der Waals surface area contributed by atoms with Crippen LogP contribution in [0.15, 0.2) is 59.2 Å². The maximum atomic E-state index is 14.7. The fraction of sp³-hybridized carbons (Fsp3) is 0.0526. The van der Waals surface area contributed by atoms with Gasteiger partial charge in [0, 0.05) is 23.3 Å². The van der Waals surface area contributed by atoms with Gasteiger partial charge in [0.2, 0.25) is 5.13 Å². The van der Waals surface area contributed by atoms with Gasteiger partial charge in [0.1, 0.15) is 22.0 Å². The minimum atomic E-state index is -4.68. The molecule has 2 aromatic heterocycles. The van der Waals surface area contributed by atoms with Crippen molar-refractivity contribution in [2.45, 2.75) is 11.1 Å². The summed E-state index contributed by atoms with van der Waals surface area (Å²) in [6.07, 6.45) is -2.29. The summed E-state index contributed by atoms with van der Waals surface area (Å²) in [4.78, 5) is -1.03. The van der Waals surface area contributed by atoms with Gasteiger partial charge in [0.15, 0.2) is 11.6 Å². The summed E-state index contributed by atoms with van der Waals surface area (Å²) in [5.74, 6) is -3.66. The molecule has 0 aliphatic rings. The van der Waals surface area contributed by atoms with Gasteiger partial charge in [-0.3, -0.25) is 4.72 Å². The van der Waals surface area contributed by atoms with Crippen molar-refractivity contribution in [1.29, 1.82) is 0 Å². The molecule has 2 heterocycles. The first-order chi connectivity index (χ1) is 16.0. The van der Waals surface area contributed by atoms with E-state index in [0.717, 1.165) is 29.7 Å². The van der Waals surface area contributed by atoms with E-state index in [2.05, 4.69) is 20.4 Å². The van der Waals surface area contributed by atoms with E-state index in [0.29, 0.717) is 18.2 Å². The maximum absolute atomic E-state index is 14.7. The van der Waals surface area contributed by atoms with Crippen molar-refractivity contribution in [3.63, 3.8) is 0 Å². The molecule has 8 nitrogen and oxygen atoms in total. The average molecular weight is 515 g/mol. The standard InChI is InChI=1S/C19H10F5N5O3S2/c20-13-7-17(34(30,31)29-18-28-27-9-33-18)14(21)6-16(13)32-15-2-1-11(19(22,23)24)5-12(15)10-3-4-25-26-8-10/h1-9H,(H,28,29). The van der Waals surface area contributed by atoms with Gasteiger partial charge in [-0.25, -0.2) is 17.2 Å². The number of anilines is 1. The number of hydrogen-bond donors (Lipinski definition) is 1. The van der Waals surface area contributed by atoms with Crippen LogP contribution < -0.4 is 9.46 Å². The Morgan fingerprint density at radius 3 is 2.38 bits per heavy atom. The van der Waals surface area contributed by atoms with E-state index in [1.807, 2.05) is 4.72 Å². The summed E-state index contributed by atoms with van der Waals surface area (Å²) >= 11 is 0.819. The lowest BCUT2D eigenvalue weighted by molar-refractivity contribution is -0.137. The molecule has 0 radical (unpaired) electrons. The SMILES string of the molecule is O=S(=O)(Nc1nncs1)c1cc(F)c(Oc2ccc(C(F)(F)F)cc2-c2ccnnc2)cc1F. The molecular weight excluding hydrogens is 505 g/mol. The van der Waals surface area contributed by atoms with Crippen molar-refractivity contribution < 1.29 is 35.1 Å². The van der Waals surface area contributed by atoms with Gasteiger partial charge < -0.3 is 4.74 Å². The fourth-order valence-electron chi connectivity index (χ4n) is 2.77. The Balaban J connectivity index is 1.72. The largest absolute Gasteiger partial charge is 0.454 e. The van der Waals surface area contributed by atoms with Crippen molar-refractivity contribution in [1.82, 2.24) is 20.4 Å². The molecule has 34 heavy (non-hydrogen) atoms. The Bertz CT molecular complexity index is 1430. The van der Waals surface area contributed by atoms with Gasteiger partial charge in [-0.1, -0.05) is 11.3 Å². The molecule has 0 bridgehead atoms. The molecule has 15 heteroatoms. The molecule has 0 atom stereocenters. The third kappa shape index (κ3) is 4.94. The van der Waals surface area contributed by atoms with Crippen molar-refractivity contribution in [3.05, 3.63) is 71.5 Å². The molecule has 4 rings (SSSR count). The number of ether oxygens (including phenoxy) is 1. The zero-order chi connectivity index (χ0) is 24.5. The number of hydrogen-bond acceptors (Lipinski definition) is 8. The van der Waals surface area contributed by atoms with Crippen LogP contribution in [0.1, 0.15) is 5.56 Å². The summed E-state index contributed by atoms with van der Waals surface area (Å²) in [6, 6.07) is 4.58. The monoisotopic (exact) mass is 515 g/mol. The molecule has 0 aliphatic carbocycles. The van der Waals surface area contributed by atoms with Gasteiger partial charge in [-0.05, 0) is 24.3 Å². The lowest BCUT2D eigenvalue weighted by atomic mass is 10.0. The molecule has 0 saturated heterocycles. The number of sulfonamides is 1. The third-order valence-electron chi connectivity index (χ3n) is 4.28. The second-order valence-electron chi connectivity index (χ2n) is 6.50. The third-order valence-corrected chi connectivity index (χ3v) is 6.37. The molecular formula is C19H10F5N5O3S2. The number of halogens is 5. The van der Waals surface area contributed by atoms with Gasteiger partial charge in [0.25, 0.3) is 10.0 Å². The van der Waals surface area contributed by atoms with Crippen LogP contribution in [0, 0.1) is 11.6 Å². The van der Waals surface area contributed by atoms with E-state index in [9.17, 15) is 30.4 Å². The topological polar surface area (TPSA) is 107 Å². The summed E-state index contributed by atoms with van der Waals surface area (Å²) in [5, 5.41) is 13.9. The van der Waals surface area contributed by atoms with E-state index < -0.39 is 44.0 Å². The second kappa shape index (κ2) is 8.90. The predicted octanol–water partition coefficient (Wildman–Crippen LogP) is 4.89. The molecule has 176 valence electrons. The van der Waals surface area contributed by atoms with E-state index >= 15 is 0 Å². The van der Waals surface area contributed by atoms with E-state index in [4.69, 9.17) is 4.74 Å².